The monoisotopic (exact) mass is 340 g/mol. The van der Waals surface area contributed by atoms with Crippen LogP contribution in [0.4, 0.5) is 0 Å². The highest BCUT2D eigenvalue weighted by Crippen LogP contribution is 2.17. The van der Waals surface area contributed by atoms with Gasteiger partial charge in [0.05, 0.1) is 19.6 Å². The van der Waals surface area contributed by atoms with Gasteiger partial charge in [0.15, 0.2) is 0 Å². The number of carboxylic acids is 3. The molecule has 0 atom stereocenters. The van der Waals surface area contributed by atoms with Crippen LogP contribution in [0.25, 0.3) is 0 Å². The Morgan fingerprint density at radius 3 is 1.75 bits per heavy atom. The number of hydrogen-bond donors (Lipinski definition) is 4. The summed E-state index contributed by atoms with van der Waals surface area (Å²) in [6, 6.07) is 6.48. The summed E-state index contributed by atoms with van der Waals surface area (Å²) in [7, 11) is 0. The van der Waals surface area contributed by atoms with Gasteiger partial charge < -0.3 is 20.4 Å². The van der Waals surface area contributed by atoms with Gasteiger partial charge in [-0.3, -0.25) is 24.2 Å². The number of aliphatic carboxylic acids is 3. The number of hydrogen-bond acceptors (Lipinski definition) is 6. The number of aromatic hydroxyl groups is 1. The van der Waals surface area contributed by atoms with Gasteiger partial charge in [0.2, 0.25) is 0 Å². The van der Waals surface area contributed by atoms with Crippen LogP contribution in [0.5, 0.6) is 5.75 Å². The summed E-state index contributed by atoms with van der Waals surface area (Å²) in [5.41, 5.74) is 0.529. The van der Waals surface area contributed by atoms with Crippen molar-refractivity contribution in [3.05, 3.63) is 29.8 Å². The second-order valence-corrected chi connectivity index (χ2v) is 5.23. The molecule has 0 heterocycles. The number of rotatable bonds is 11. The Labute approximate surface area is 138 Å². The standard InChI is InChI=1S/C15H20N2O7/c18-12-4-2-1-3-11(12)7-16(8-13(19)20)5-6-17(9-14(21)22)10-15(23)24/h1-4,18H,5-10H2,(H,19,20)(H,21,22)(H,23,24). The van der Waals surface area contributed by atoms with Gasteiger partial charge >= 0.3 is 17.9 Å². The largest absolute Gasteiger partial charge is 0.508 e. The topological polar surface area (TPSA) is 139 Å². The van der Waals surface area contributed by atoms with Crippen molar-refractivity contribution in [1.82, 2.24) is 9.80 Å². The summed E-state index contributed by atoms with van der Waals surface area (Å²) in [5, 5.41) is 36.4. The van der Waals surface area contributed by atoms with E-state index in [1.54, 1.807) is 18.2 Å². The Balaban J connectivity index is 2.73. The maximum Gasteiger partial charge on any atom is 0.317 e. The Hall–Kier alpha value is -2.65. The first-order valence-electron chi connectivity index (χ1n) is 7.15. The van der Waals surface area contributed by atoms with Crippen molar-refractivity contribution in [3.63, 3.8) is 0 Å². The van der Waals surface area contributed by atoms with Crippen LogP contribution in [0.2, 0.25) is 0 Å². The van der Waals surface area contributed by atoms with E-state index in [-0.39, 0.29) is 31.9 Å². The molecule has 24 heavy (non-hydrogen) atoms. The normalized spacial score (nSPS) is 10.9. The highest BCUT2D eigenvalue weighted by Gasteiger charge is 2.17. The number of phenols is 1. The average Bonchev–Trinajstić information content (AvgIpc) is 2.45. The lowest BCUT2D eigenvalue weighted by Gasteiger charge is -2.25. The van der Waals surface area contributed by atoms with E-state index >= 15 is 0 Å². The lowest BCUT2D eigenvalue weighted by atomic mass is 10.2. The SMILES string of the molecule is O=C(O)CN(CCN(CC(=O)O)Cc1ccccc1O)CC(=O)O. The lowest BCUT2D eigenvalue weighted by Crippen LogP contribution is -2.41. The molecule has 132 valence electrons. The molecule has 0 unspecified atom stereocenters. The number of nitrogens with zero attached hydrogens (tertiary/aromatic N) is 2. The van der Waals surface area contributed by atoms with Crippen molar-refractivity contribution >= 4 is 17.9 Å². The zero-order valence-corrected chi connectivity index (χ0v) is 13.0. The first-order valence-corrected chi connectivity index (χ1v) is 7.15. The minimum atomic E-state index is -1.17. The van der Waals surface area contributed by atoms with E-state index in [4.69, 9.17) is 15.3 Å². The van der Waals surface area contributed by atoms with Crippen LogP contribution in [0, 0.1) is 0 Å². The third-order valence-electron chi connectivity index (χ3n) is 3.19. The van der Waals surface area contributed by atoms with E-state index in [1.165, 1.54) is 15.9 Å². The molecule has 0 fully saturated rings. The van der Waals surface area contributed by atoms with Gasteiger partial charge in [-0.25, -0.2) is 0 Å². The molecule has 0 aliphatic heterocycles. The summed E-state index contributed by atoms with van der Waals surface area (Å²) in [5.74, 6) is -3.38. The maximum absolute atomic E-state index is 11.0. The second kappa shape index (κ2) is 9.48. The molecule has 0 radical (unpaired) electrons. The van der Waals surface area contributed by atoms with Crippen molar-refractivity contribution in [3.8, 4) is 5.75 Å². The van der Waals surface area contributed by atoms with Gasteiger partial charge in [0.25, 0.3) is 0 Å². The molecule has 0 aliphatic carbocycles. The summed E-state index contributed by atoms with van der Waals surface area (Å²) in [6.07, 6.45) is 0. The highest BCUT2D eigenvalue weighted by molar-refractivity contribution is 5.72. The molecule has 4 N–H and O–H groups in total. The van der Waals surface area contributed by atoms with Gasteiger partial charge in [0, 0.05) is 25.2 Å². The third kappa shape index (κ3) is 7.56. The molecule has 0 saturated carbocycles. The Morgan fingerprint density at radius 1 is 0.792 bits per heavy atom. The number of carboxylic acid groups (broad SMARTS) is 3. The van der Waals surface area contributed by atoms with Gasteiger partial charge in [-0.15, -0.1) is 0 Å². The number of benzene rings is 1. The van der Waals surface area contributed by atoms with Crippen LogP contribution in [-0.4, -0.2) is 80.9 Å². The summed E-state index contributed by atoms with van der Waals surface area (Å²) >= 11 is 0. The van der Waals surface area contributed by atoms with Crippen molar-refractivity contribution in [1.29, 1.82) is 0 Å². The molecule has 1 aromatic carbocycles. The van der Waals surface area contributed by atoms with E-state index in [0.717, 1.165) is 0 Å². The fourth-order valence-corrected chi connectivity index (χ4v) is 2.17. The van der Waals surface area contributed by atoms with Gasteiger partial charge in [-0.05, 0) is 6.07 Å². The Kier molecular flexibility index (Phi) is 7.66. The average molecular weight is 340 g/mol. The molecule has 1 rings (SSSR count). The molecule has 9 heteroatoms. The first kappa shape index (κ1) is 19.4. The molecule has 0 aliphatic rings. The molecule has 0 bridgehead atoms. The zero-order valence-electron chi connectivity index (χ0n) is 13.0. The molecule has 0 spiro atoms. The molecule has 9 nitrogen and oxygen atoms in total. The Bertz CT molecular complexity index is 575. The zero-order chi connectivity index (χ0) is 18.1. The molecule has 0 saturated heterocycles. The summed E-state index contributed by atoms with van der Waals surface area (Å²) in [6.45, 7) is -0.871. The number of para-hydroxylation sites is 1. The van der Waals surface area contributed by atoms with Crippen molar-refractivity contribution in [2.75, 3.05) is 32.7 Å². The first-order chi connectivity index (χ1) is 11.3. The summed E-state index contributed by atoms with van der Waals surface area (Å²) < 4.78 is 0. The molecular formula is C15H20N2O7. The van der Waals surface area contributed by atoms with Crippen LogP contribution in [0.15, 0.2) is 24.3 Å². The lowest BCUT2D eigenvalue weighted by molar-refractivity contribution is -0.143. The molecular weight excluding hydrogens is 320 g/mol. The minimum absolute atomic E-state index is 0.0285. The number of phenolic OH excluding ortho intramolecular Hbond substituents is 1. The van der Waals surface area contributed by atoms with E-state index < -0.39 is 31.0 Å². The Morgan fingerprint density at radius 2 is 1.25 bits per heavy atom. The van der Waals surface area contributed by atoms with Crippen molar-refractivity contribution < 1.29 is 34.8 Å². The van der Waals surface area contributed by atoms with Crippen LogP contribution in [0.3, 0.4) is 0 Å². The maximum atomic E-state index is 11.0. The third-order valence-corrected chi connectivity index (χ3v) is 3.19. The van der Waals surface area contributed by atoms with Gasteiger partial charge in [-0.2, -0.15) is 0 Å². The molecule has 1 aromatic rings. The van der Waals surface area contributed by atoms with E-state index in [9.17, 15) is 19.5 Å². The van der Waals surface area contributed by atoms with E-state index in [1.807, 2.05) is 0 Å². The molecule has 0 amide bonds. The highest BCUT2D eigenvalue weighted by atomic mass is 16.4. The van der Waals surface area contributed by atoms with Crippen LogP contribution in [-0.2, 0) is 20.9 Å². The predicted molar refractivity (Wildman–Crippen MR) is 82.7 cm³/mol. The number of carbonyl (C=O) groups is 3. The second-order valence-electron chi connectivity index (χ2n) is 5.23. The van der Waals surface area contributed by atoms with E-state index in [2.05, 4.69) is 0 Å². The van der Waals surface area contributed by atoms with Crippen LogP contribution >= 0.6 is 0 Å². The van der Waals surface area contributed by atoms with Crippen LogP contribution in [0.1, 0.15) is 5.56 Å². The fraction of sp³-hybridized carbons (Fsp3) is 0.400. The minimum Gasteiger partial charge on any atom is -0.508 e. The van der Waals surface area contributed by atoms with Crippen molar-refractivity contribution in [2.24, 2.45) is 0 Å². The van der Waals surface area contributed by atoms with Gasteiger partial charge in [0.1, 0.15) is 5.75 Å². The fourth-order valence-electron chi connectivity index (χ4n) is 2.17. The van der Waals surface area contributed by atoms with Crippen molar-refractivity contribution in [2.45, 2.75) is 6.54 Å². The summed E-state index contributed by atoms with van der Waals surface area (Å²) in [4.78, 5) is 35.2. The smallest absolute Gasteiger partial charge is 0.317 e. The quantitative estimate of drug-likeness (QED) is 0.429. The predicted octanol–water partition coefficient (Wildman–Crippen LogP) is -0.250. The van der Waals surface area contributed by atoms with E-state index in [0.29, 0.717) is 5.56 Å². The van der Waals surface area contributed by atoms with Gasteiger partial charge in [-0.1, -0.05) is 18.2 Å². The molecule has 0 aromatic heterocycles. The van der Waals surface area contributed by atoms with Crippen LogP contribution < -0.4 is 0 Å².